The Balaban J connectivity index is 1.94. The first-order valence-electron chi connectivity index (χ1n) is 7.18. The van der Waals surface area contributed by atoms with Gasteiger partial charge in [0.15, 0.2) is 5.66 Å². The van der Waals surface area contributed by atoms with Crippen LogP contribution in [0.1, 0.15) is 38.7 Å². The molecule has 1 aliphatic heterocycles. The van der Waals surface area contributed by atoms with Gasteiger partial charge in [0.25, 0.3) is 0 Å². The molecule has 0 saturated carbocycles. The van der Waals surface area contributed by atoms with Crippen molar-refractivity contribution in [2.75, 3.05) is 6.61 Å². The van der Waals surface area contributed by atoms with Gasteiger partial charge in [-0.15, -0.1) is 0 Å². The van der Waals surface area contributed by atoms with E-state index in [1.165, 1.54) is 11.1 Å². The molecule has 120 valence electrons. The number of hydroxylamine groups is 2. The van der Waals surface area contributed by atoms with E-state index in [-0.39, 0.29) is 23.7 Å². The van der Waals surface area contributed by atoms with Crippen LogP contribution in [-0.2, 0) is 4.84 Å². The lowest BCUT2D eigenvalue weighted by Gasteiger charge is -2.36. The monoisotopic (exact) mass is 307 g/mol. The number of halogens is 1. The molecule has 1 aromatic rings. The van der Waals surface area contributed by atoms with Crippen LogP contribution in [0.3, 0.4) is 0 Å². The van der Waals surface area contributed by atoms with Gasteiger partial charge in [-0.3, -0.25) is 4.84 Å². The van der Waals surface area contributed by atoms with Gasteiger partial charge in [-0.25, -0.2) is 9.38 Å². The van der Waals surface area contributed by atoms with Crippen molar-refractivity contribution in [2.24, 2.45) is 21.5 Å². The Labute approximate surface area is 129 Å². The summed E-state index contributed by atoms with van der Waals surface area (Å²) in [5.41, 5.74) is 11.4. The minimum Gasteiger partial charge on any atom is -0.368 e. The third-order valence-corrected chi connectivity index (χ3v) is 3.53. The molecular weight excluding hydrogens is 285 g/mol. The molecule has 0 saturated heterocycles. The van der Waals surface area contributed by atoms with E-state index in [4.69, 9.17) is 16.3 Å². The topological polar surface area (TPSA) is 89.2 Å². The molecule has 1 aliphatic rings. The van der Waals surface area contributed by atoms with Crippen molar-refractivity contribution in [1.29, 1.82) is 0 Å². The Morgan fingerprint density at radius 1 is 1.32 bits per heavy atom. The maximum absolute atomic E-state index is 13.7. The van der Waals surface area contributed by atoms with Crippen LogP contribution in [0.5, 0.6) is 0 Å². The molecule has 22 heavy (non-hydrogen) atoms. The maximum Gasteiger partial charge on any atom is 0.226 e. The molecule has 4 N–H and O–H groups in total. The first-order valence-corrected chi connectivity index (χ1v) is 7.18. The van der Waals surface area contributed by atoms with Crippen molar-refractivity contribution >= 4 is 11.9 Å². The fourth-order valence-electron chi connectivity index (χ4n) is 2.37. The van der Waals surface area contributed by atoms with E-state index in [9.17, 15) is 4.39 Å². The molecule has 0 aromatic heterocycles. The van der Waals surface area contributed by atoms with Crippen LogP contribution >= 0.6 is 0 Å². The molecule has 1 unspecified atom stereocenters. The lowest BCUT2D eigenvalue weighted by Crippen LogP contribution is -2.53. The summed E-state index contributed by atoms with van der Waals surface area (Å²) in [6.45, 7) is 5.96. The van der Waals surface area contributed by atoms with Crippen LogP contribution in [0, 0.1) is 5.82 Å². The quantitative estimate of drug-likeness (QED) is 0.870. The van der Waals surface area contributed by atoms with Gasteiger partial charge in [-0.05, 0) is 37.8 Å². The van der Waals surface area contributed by atoms with Crippen molar-refractivity contribution in [1.82, 2.24) is 5.06 Å². The number of nitrogens with two attached hydrogens (primary N) is 2. The predicted molar refractivity (Wildman–Crippen MR) is 84.5 cm³/mol. The normalized spacial score (nSPS) is 18.6. The van der Waals surface area contributed by atoms with Crippen molar-refractivity contribution in [3.05, 3.63) is 35.6 Å². The summed E-state index contributed by atoms with van der Waals surface area (Å²) in [5, 5.41) is 1.43. The number of aliphatic imine (C=N–C) groups is 2. The van der Waals surface area contributed by atoms with Crippen molar-refractivity contribution in [3.8, 4) is 0 Å². The minimum absolute atomic E-state index is 0.0286. The molecular formula is C15H22FN5O. The number of nitrogens with zero attached hydrogens (tertiary/aromatic N) is 3. The van der Waals surface area contributed by atoms with Crippen molar-refractivity contribution < 1.29 is 9.23 Å². The molecule has 1 atom stereocenters. The Bertz CT molecular complexity index is 599. The maximum atomic E-state index is 13.7. The molecule has 0 fully saturated rings. The van der Waals surface area contributed by atoms with Crippen LogP contribution in [0.25, 0.3) is 0 Å². The second kappa shape index (κ2) is 6.31. The van der Waals surface area contributed by atoms with Gasteiger partial charge in [0.1, 0.15) is 5.82 Å². The highest BCUT2D eigenvalue weighted by Gasteiger charge is 2.33. The highest BCUT2D eigenvalue weighted by molar-refractivity contribution is 5.95. The molecule has 0 spiro atoms. The molecule has 1 heterocycles. The second-order valence-electron chi connectivity index (χ2n) is 5.77. The predicted octanol–water partition coefficient (Wildman–Crippen LogP) is 1.93. The van der Waals surface area contributed by atoms with E-state index in [1.807, 2.05) is 26.8 Å². The summed E-state index contributed by atoms with van der Waals surface area (Å²) in [7, 11) is 0. The Morgan fingerprint density at radius 2 is 2.00 bits per heavy atom. The molecule has 0 amide bonds. The van der Waals surface area contributed by atoms with E-state index < -0.39 is 5.66 Å². The third kappa shape index (κ3) is 3.54. The number of guanidine groups is 2. The summed E-state index contributed by atoms with van der Waals surface area (Å²) in [6.07, 6.45) is 0.639. The molecule has 0 bridgehead atoms. The summed E-state index contributed by atoms with van der Waals surface area (Å²) < 4.78 is 13.7. The number of hydrogen-bond donors (Lipinski definition) is 2. The van der Waals surface area contributed by atoms with Crippen molar-refractivity contribution in [2.45, 2.75) is 38.8 Å². The minimum atomic E-state index is -0.725. The van der Waals surface area contributed by atoms with Gasteiger partial charge in [0.2, 0.25) is 11.9 Å². The molecule has 6 nitrogen and oxygen atoms in total. The van der Waals surface area contributed by atoms with E-state index >= 15 is 0 Å². The second-order valence-corrected chi connectivity index (χ2v) is 5.77. The summed E-state index contributed by atoms with van der Waals surface area (Å²) in [5.74, 6) is 0.116. The Morgan fingerprint density at radius 3 is 2.64 bits per heavy atom. The smallest absolute Gasteiger partial charge is 0.226 e. The molecule has 2 rings (SSSR count). The number of benzene rings is 1. The van der Waals surface area contributed by atoms with Gasteiger partial charge < -0.3 is 11.5 Å². The third-order valence-electron chi connectivity index (χ3n) is 3.53. The van der Waals surface area contributed by atoms with Crippen LogP contribution < -0.4 is 11.5 Å². The van der Waals surface area contributed by atoms with E-state index in [2.05, 4.69) is 9.98 Å². The molecule has 7 heteroatoms. The van der Waals surface area contributed by atoms with Crippen LogP contribution in [-0.4, -0.2) is 29.3 Å². The molecule has 0 radical (unpaired) electrons. The van der Waals surface area contributed by atoms with Gasteiger partial charge >= 0.3 is 0 Å². The van der Waals surface area contributed by atoms with Gasteiger partial charge in [0.05, 0.1) is 6.61 Å². The van der Waals surface area contributed by atoms with E-state index in [0.717, 1.165) is 0 Å². The average Bonchev–Trinajstić information content (AvgIpc) is 2.41. The lowest BCUT2D eigenvalue weighted by molar-refractivity contribution is -0.158. The zero-order chi connectivity index (χ0) is 16.3. The summed E-state index contributed by atoms with van der Waals surface area (Å²) in [4.78, 5) is 13.8. The average molecular weight is 307 g/mol. The van der Waals surface area contributed by atoms with Gasteiger partial charge in [-0.1, -0.05) is 25.1 Å². The van der Waals surface area contributed by atoms with Crippen LogP contribution in [0.4, 0.5) is 4.39 Å². The summed E-state index contributed by atoms with van der Waals surface area (Å²) in [6, 6.07) is 6.75. The van der Waals surface area contributed by atoms with Gasteiger partial charge in [-0.2, -0.15) is 10.1 Å². The highest BCUT2D eigenvalue weighted by Crippen LogP contribution is 2.24. The zero-order valence-corrected chi connectivity index (χ0v) is 13.1. The fourth-order valence-corrected chi connectivity index (χ4v) is 2.37. The fraction of sp³-hybridized carbons (Fsp3) is 0.467. The zero-order valence-electron chi connectivity index (χ0n) is 13.1. The first-order chi connectivity index (χ1) is 10.3. The van der Waals surface area contributed by atoms with Crippen LogP contribution in [0.15, 0.2) is 34.3 Å². The first kappa shape index (κ1) is 16.2. The van der Waals surface area contributed by atoms with E-state index in [1.54, 1.807) is 12.1 Å². The Hall–Kier alpha value is -2.15. The van der Waals surface area contributed by atoms with E-state index in [0.29, 0.717) is 18.6 Å². The lowest BCUT2D eigenvalue weighted by atomic mass is 9.98. The summed E-state index contributed by atoms with van der Waals surface area (Å²) >= 11 is 0. The Kier molecular flexibility index (Phi) is 4.65. The van der Waals surface area contributed by atoms with Crippen LogP contribution in [0.2, 0.25) is 0 Å². The van der Waals surface area contributed by atoms with Gasteiger partial charge in [0, 0.05) is 0 Å². The SMILES string of the molecule is CC(CCON1C(N)=NC(N)=NC1(C)C)c1ccccc1F. The molecule has 1 aromatic carbocycles. The number of hydrogen-bond acceptors (Lipinski definition) is 6. The number of rotatable bonds is 5. The van der Waals surface area contributed by atoms with Crippen molar-refractivity contribution in [3.63, 3.8) is 0 Å². The molecule has 0 aliphatic carbocycles. The standard InChI is InChI=1S/C15H22FN5O/c1-10(11-6-4-5-7-12(11)16)8-9-22-21-14(18)19-13(17)20-15(21,2)3/h4-7,10H,8-9H2,1-3H3,(H4,17,18,19,20). The largest absolute Gasteiger partial charge is 0.368 e. The highest BCUT2D eigenvalue weighted by atomic mass is 19.1.